The Morgan fingerprint density at radius 1 is 0.577 bits per heavy atom. The molecule has 0 aromatic heterocycles. The molecular formula is C41H71O10P. The second kappa shape index (κ2) is 37.0. The van der Waals surface area contributed by atoms with Gasteiger partial charge >= 0.3 is 19.8 Å². The molecule has 0 bridgehead atoms. The summed E-state index contributed by atoms with van der Waals surface area (Å²) in [6.07, 6.45) is 39.0. The fourth-order valence-corrected chi connectivity index (χ4v) is 5.57. The number of rotatable bonds is 36. The van der Waals surface area contributed by atoms with E-state index in [1.54, 1.807) is 0 Å². The molecule has 1 unspecified atom stereocenters. The van der Waals surface area contributed by atoms with Crippen LogP contribution in [0.3, 0.4) is 0 Å². The van der Waals surface area contributed by atoms with E-state index < -0.39 is 51.8 Å². The van der Waals surface area contributed by atoms with Gasteiger partial charge in [-0.3, -0.25) is 18.6 Å². The Morgan fingerprint density at radius 3 is 1.60 bits per heavy atom. The van der Waals surface area contributed by atoms with Crippen molar-refractivity contribution in [1.82, 2.24) is 0 Å². The first-order valence-electron chi connectivity index (χ1n) is 19.7. The first-order chi connectivity index (χ1) is 25.2. The molecule has 0 fully saturated rings. The van der Waals surface area contributed by atoms with Gasteiger partial charge in [0.05, 0.1) is 19.8 Å². The van der Waals surface area contributed by atoms with E-state index in [0.29, 0.717) is 12.8 Å². The highest BCUT2D eigenvalue weighted by molar-refractivity contribution is 7.47. The van der Waals surface area contributed by atoms with Crippen LogP contribution in [-0.4, -0.2) is 65.7 Å². The number of aliphatic hydroxyl groups is 2. The molecule has 0 aliphatic carbocycles. The van der Waals surface area contributed by atoms with E-state index in [9.17, 15) is 24.2 Å². The number of allylic oxidation sites excluding steroid dienone is 10. The average molecular weight is 755 g/mol. The van der Waals surface area contributed by atoms with Crippen LogP contribution >= 0.6 is 7.82 Å². The van der Waals surface area contributed by atoms with Gasteiger partial charge in [0.25, 0.3) is 0 Å². The van der Waals surface area contributed by atoms with E-state index >= 15 is 0 Å². The van der Waals surface area contributed by atoms with Crippen molar-refractivity contribution < 1.29 is 47.8 Å². The predicted molar refractivity (Wildman–Crippen MR) is 210 cm³/mol. The molecule has 0 spiro atoms. The molecular weight excluding hydrogens is 683 g/mol. The second-order valence-corrected chi connectivity index (χ2v) is 14.4. The van der Waals surface area contributed by atoms with Crippen LogP contribution in [0, 0.1) is 0 Å². The Morgan fingerprint density at radius 2 is 1.02 bits per heavy atom. The van der Waals surface area contributed by atoms with Gasteiger partial charge in [0.2, 0.25) is 0 Å². The molecule has 0 amide bonds. The summed E-state index contributed by atoms with van der Waals surface area (Å²) in [6, 6.07) is 0. The van der Waals surface area contributed by atoms with Crippen LogP contribution in [0.2, 0.25) is 0 Å². The van der Waals surface area contributed by atoms with Gasteiger partial charge < -0.3 is 24.6 Å². The summed E-state index contributed by atoms with van der Waals surface area (Å²) < 4.78 is 32.6. The van der Waals surface area contributed by atoms with Crippen LogP contribution in [-0.2, 0) is 32.7 Å². The van der Waals surface area contributed by atoms with Gasteiger partial charge in [-0.25, -0.2) is 4.57 Å². The molecule has 0 saturated carbocycles. The van der Waals surface area contributed by atoms with Crippen molar-refractivity contribution in [2.24, 2.45) is 0 Å². The summed E-state index contributed by atoms with van der Waals surface area (Å²) in [4.78, 5) is 34.8. The molecule has 3 N–H and O–H groups in total. The summed E-state index contributed by atoms with van der Waals surface area (Å²) in [5.41, 5.74) is 0. The first kappa shape index (κ1) is 49.7. The molecule has 52 heavy (non-hydrogen) atoms. The minimum Gasteiger partial charge on any atom is -0.462 e. The number of hydrogen-bond donors (Lipinski definition) is 3. The van der Waals surface area contributed by atoms with Crippen LogP contribution in [0.4, 0.5) is 0 Å². The standard InChI is InChI=1S/C41H71O10P/c1-3-5-7-9-11-13-15-17-19-21-22-24-26-28-30-32-40(44)48-36-39(37-50-52(46,47)49-35-38(43)34-42)51-41(45)33-31-29-27-25-23-20-18-16-14-12-10-8-6-4-2/h10-13,16-19,22,24,38-39,42-43H,3-9,14-15,20-21,23,25-37H2,1-2H3,(H,46,47)/b12-10-,13-11-,18-16-,19-17-,24-22-/t38-,39+/m0/s1. The van der Waals surface area contributed by atoms with Crippen molar-refractivity contribution >= 4 is 19.8 Å². The van der Waals surface area contributed by atoms with E-state index in [1.807, 2.05) is 0 Å². The van der Waals surface area contributed by atoms with Crippen molar-refractivity contribution in [2.75, 3.05) is 26.4 Å². The van der Waals surface area contributed by atoms with Gasteiger partial charge in [-0.1, -0.05) is 120 Å². The fraction of sp³-hybridized carbons (Fsp3) is 0.707. The molecule has 0 aromatic carbocycles. The summed E-state index contributed by atoms with van der Waals surface area (Å²) >= 11 is 0. The largest absolute Gasteiger partial charge is 0.472 e. The number of carbonyl (C=O) groups excluding carboxylic acids is 2. The zero-order valence-electron chi connectivity index (χ0n) is 32.3. The maximum atomic E-state index is 12.6. The van der Waals surface area contributed by atoms with E-state index in [2.05, 4.69) is 79.1 Å². The van der Waals surface area contributed by atoms with E-state index in [-0.39, 0.29) is 19.4 Å². The average Bonchev–Trinajstić information content (AvgIpc) is 3.13. The van der Waals surface area contributed by atoms with Crippen LogP contribution in [0.25, 0.3) is 0 Å². The number of hydrogen-bond acceptors (Lipinski definition) is 9. The fourth-order valence-electron chi connectivity index (χ4n) is 4.78. The molecule has 300 valence electrons. The number of carbonyl (C=O) groups is 2. The normalized spacial score (nSPS) is 14.6. The Hall–Kier alpha value is -2.33. The lowest BCUT2D eigenvalue weighted by Gasteiger charge is -2.20. The smallest absolute Gasteiger partial charge is 0.462 e. The molecule has 3 atom stereocenters. The van der Waals surface area contributed by atoms with Crippen LogP contribution < -0.4 is 0 Å². The van der Waals surface area contributed by atoms with Gasteiger partial charge in [0.15, 0.2) is 6.10 Å². The monoisotopic (exact) mass is 754 g/mol. The van der Waals surface area contributed by atoms with E-state index in [1.165, 1.54) is 32.1 Å². The van der Waals surface area contributed by atoms with Gasteiger partial charge in [-0.15, -0.1) is 0 Å². The third-order valence-electron chi connectivity index (χ3n) is 7.89. The molecule has 0 aliphatic heterocycles. The van der Waals surface area contributed by atoms with Crippen LogP contribution in [0.1, 0.15) is 149 Å². The third kappa shape index (κ3) is 36.0. The Balaban J connectivity index is 4.46. The number of ether oxygens (including phenoxy) is 2. The number of aliphatic hydroxyl groups excluding tert-OH is 2. The molecule has 0 radical (unpaired) electrons. The topological polar surface area (TPSA) is 149 Å². The van der Waals surface area contributed by atoms with Crippen LogP contribution in [0.15, 0.2) is 60.8 Å². The highest BCUT2D eigenvalue weighted by atomic mass is 31.2. The molecule has 11 heteroatoms. The van der Waals surface area contributed by atoms with E-state index in [0.717, 1.165) is 77.0 Å². The number of unbranched alkanes of at least 4 members (excludes halogenated alkanes) is 12. The van der Waals surface area contributed by atoms with Gasteiger partial charge in [-0.05, 0) is 77.0 Å². The SMILES string of the molecule is CCCC/C=C\C/C=C\CCCCCCCC(=O)O[C@H](COC(=O)CCCC/C=C\C/C=C\C/C=C\CCCCC)COP(=O)(O)OC[C@@H](O)CO. The minimum absolute atomic E-state index is 0.157. The third-order valence-corrected chi connectivity index (χ3v) is 8.85. The highest BCUT2D eigenvalue weighted by Gasteiger charge is 2.27. The molecule has 0 rings (SSSR count). The van der Waals surface area contributed by atoms with Crippen molar-refractivity contribution in [3.05, 3.63) is 60.8 Å². The summed E-state index contributed by atoms with van der Waals surface area (Å²) in [7, 11) is -4.63. The van der Waals surface area contributed by atoms with Crippen molar-refractivity contribution in [1.29, 1.82) is 0 Å². The Labute approximate surface area is 315 Å². The Kier molecular flexibility index (Phi) is 35.3. The number of phosphoric ester groups is 1. The lowest BCUT2D eigenvalue weighted by atomic mass is 10.1. The van der Waals surface area contributed by atoms with Gasteiger partial charge in [0, 0.05) is 12.8 Å². The number of phosphoric acid groups is 1. The van der Waals surface area contributed by atoms with Crippen LogP contribution in [0.5, 0.6) is 0 Å². The molecule has 0 aromatic rings. The molecule has 0 aliphatic rings. The minimum atomic E-state index is -4.63. The highest BCUT2D eigenvalue weighted by Crippen LogP contribution is 2.43. The number of esters is 2. The van der Waals surface area contributed by atoms with Gasteiger partial charge in [0.1, 0.15) is 12.7 Å². The first-order valence-corrected chi connectivity index (χ1v) is 21.2. The van der Waals surface area contributed by atoms with Crippen molar-refractivity contribution in [3.8, 4) is 0 Å². The molecule has 0 saturated heterocycles. The predicted octanol–water partition coefficient (Wildman–Crippen LogP) is 9.94. The summed E-state index contributed by atoms with van der Waals surface area (Å²) in [6.45, 7) is 2.22. The zero-order chi connectivity index (χ0) is 38.4. The maximum absolute atomic E-state index is 12.6. The Bertz CT molecular complexity index is 1050. The van der Waals surface area contributed by atoms with Crippen molar-refractivity contribution in [3.63, 3.8) is 0 Å². The zero-order valence-corrected chi connectivity index (χ0v) is 33.1. The second-order valence-electron chi connectivity index (χ2n) is 12.9. The van der Waals surface area contributed by atoms with E-state index in [4.69, 9.17) is 19.1 Å². The summed E-state index contributed by atoms with van der Waals surface area (Å²) in [5, 5.41) is 18.3. The lowest BCUT2D eigenvalue weighted by Crippen LogP contribution is -2.29. The van der Waals surface area contributed by atoms with Gasteiger partial charge in [-0.2, -0.15) is 0 Å². The molecule has 0 heterocycles. The molecule has 10 nitrogen and oxygen atoms in total. The van der Waals surface area contributed by atoms with Crippen molar-refractivity contribution in [2.45, 2.75) is 161 Å². The quantitative estimate of drug-likeness (QED) is 0.0244. The maximum Gasteiger partial charge on any atom is 0.472 e. The summed E-state index contributed by atoms with van der Waals surface area (Å²) in [5.74, 6) is -0.993. The lowest BCUT2D eigenvalue weighted by molar-refractivity contribution is -0.161.